The van der Waals surface area contributed by atoms with Crippen molar-refractivity contribution in [1.82, 2.24) is 0 Å². The number of hydrogen-bond acceptors (Lipinski definition) is 5. The summed E-state index contributed by atoms with van der Waals surface area (Å²) in [4.78, 5) is 0. The van der Waals surface area contributed by atoms with Crippen molar-refractivity contribution in [3.63, 3.8) is 0 Å². The van der Waals surface area contributed by atoms with Gasteiger partial charge in [0.1, 0.15) is 6.61 Å². The van der Waals surface area contributed by atoms with Crippen molar-refractivity contribution in [2.45, 2.75) is 18.8 Å². The van der Waals surface area contributed by atoms with Gasteiger partial charge in [0, 0.05) is 12.0 Å². The molecule has 1 fully saturated rings. The van der Waals surface area contributed by atoms with Gasteiger partial charge in [0.15, 0.2) is 17.3 Å². The van der Waals surface area contributed by atoms with E-state index in [1.807, 2.05) is 0 Å². The zero-order valence-corrected chi connectivity index (χ0v) is 8.93. The molecule has 1 aliphatic rings. The van der Waals surface area contributed by atoms with Gasteiger partial charge in [-0.2, -0.15) is 0 Å². The van der Waals surface area contributed by atoms with Crippen molar-refractivity contribution in [2.24, 2.45) is 0 Å². The van der Waals surface area contributed by atoms with Gasteiger partial charge in [0.2, 0.25) is 0 Å². The van der Waals surface area contributed by atoms with E-state index in [0.717, 1.165) is 5.56 Å². The van der Waals surface area contributed by atoms with Gasteiger partial charge in [-0.05, 0) is 17.7 Å². The first kappa shape index (κ1) is 11.2. The van der Waals surface area contributed by atoms with Crippen LogP contribution in [0.1, 0.15) is 11.1 Å². The Labute approximate surface area is 92.9 Å². The minimum atomic E-state index is -1.09. The number of benzene rings is 1. The van der Waals surface area contributed by atoms with Crippen LogP contribution in [0.2, 0.25) is 0 Å². The molecule has 0 amide bonds. The summed E-state index contributed by atoms with van der Waals surface area (Å²) >= 11 is 0. The summed E-state index contributed by atoms with van der Waals surface area (Å²) in [5.74, 6) is -0.877. The Kier molecular flexibility index (Phi) is 2.75. The first-order chi connectivity index (χ1) is 7.58. The van der Waals surface area contributed by atoms with Gasteiger partial charge in [0.05, 0.1) is 13.7 Å². The number of methoxy groups -OCH3 is 1. The van der Waals surface area contributed by atoms with Crippen LogP contribution in [0.25, 0.3) is 0 Å². The third-order valence-corrected chi connectivity index (χ3v) is 2.56. The Bertz CT molecular complexity index is 372. The van der Waals surface area contributed by atoms with Crippen LogP contribution in [0.15, 0.2) is 12.1 Å². The second kappa shape index (κ2) is 3.93. The summed E-state index contributed by atoms with van der Waals surface area (Å²) in [6.45, 7) is 0.0277. The van der Waals surface area contributed by atoms with Gasteiger partial charge in [-0.15, -0.1) is 0 Å². The number of rotatable bonds is 4. The van der Waals surface area contributed by atoms with E-state index in [1.165, 1.54) is 7.11 Å². The molecule has 0 spiro atoms. The number of aliphatic hydroxyl groups excluding tert-OH is 1. The van der Waals surface area contributed by atoms with Gasteiger partial charge < -0.3 is 24.8 Å². The molecule has 3 N–H and O–H groups in total. The zero-order valence-electron chi connectivity index (χ0n) is 8.93. The van der Waals surface area contributed by atoms with E-state index in [-0.39, 0.29) is 18.1 Å². The molecule has 1 atom stereocenters. The maximum atomic E-state index is 9.65. The third kappa shape index (κ3) is 2.11. The lowest BCUT2D eigenvalue weighted by molar-refractivity contribution is 0.0371. The molecule has 0 aliphatic carbocycles. The third-order valence-electron chi connectivity index (χ3n) is 2.56. The lowest BCUT2D eigenvalue weighted by Gasteiger charge is -2.11. The van der Waals surface area contributed by atoms with Crippen LogP contribution in [0, 0.1) is 0 Å². The summed E-state index contributed by atoms with van der Waals surface area (Å²) in [6.07, 6.45) is 0.316. The highest BCUT2D eigenvalue weighted by Gasteiger charge is 2.42. The largest absolute Gasteiger partial charge is 0.504 e. The number of epoxide rings is 1. The maximum absolute atomic E-state index is 9.65. The highest BCUT2D eigenvalue weighted by atomic mass is 16.7. The standard InChI is InChI=1S/C11H14O5/c1-15-9-3-7(4-11(14)6-16-11)2-8(5-12)10(9)13/h2-3,12-14H,4-6H2,1H3/t11-/m0/s1. The fraction of sp³-hybridized carbons (Fsp3) is 0.455. The number of hydrogen-bond donors (Lipinski definition) is 3. The summed E-state index contributed by atoms with van der Waals surface area (Å²) in [5, 5.41) is 28.3. The molecule has 1 aromatic carbocycles. The predicted octanol–water partition coefficient (Wildman–Crippen LogP) is 0.154. The number of aromatic hydroxyl groups is 1. The van der Waals surface area contributed by atoms with Gasteiger partial charge in [-0.3, -0.25) is 0 Å². The van der Waals surface area contributed by atoms with Gasteiger partial charge in [0.25, 0.3) is 0 Å². The van der Waals surface area contributed by atoms with Crippen LogP contribution in [0.5, 0.6) is 11.5 Å². The van der Waals surface area contributed by atoms with E-state index in [1.54, 1.807) is 12.1 Å². The van der Waals surface area contributed by atoms with Gasteiger partial charge in [-0.25, -0.2) is 0 Å². The summed E-state index contributed by atoms with van der Waals surface area (Å²) in [5.41, 5.74) is 1.12. The summed E-state index contributed by atoms with van der Waals surface area (Å²) in [7, 11) is 1.43. The Morgan fingerprint density at radius 3 is 2.69 bits per heavy atom. The van der Waals surface area contributed by atoms with Crippen molar-refractivity contribution in [2.75, 3.05) is 13.7 Å². The monoisotopic (exact) mass is 226 g/mol. The Morgan fingerprint density at radius 2 is 2.19 bits per heavy atom. The molecule has 5 nitrogen and oxygen atoms in total. The predicted molar refractivity (Wildman–Crippen MR) is 55.2 cm³/mol. The number of phenols is 1. The summed E-state index contributed by atoms with van der Waals surface area (Å²) in [6, 6.07) is 3.24. The molecule has 1 aromatic rings. The van der Waals surface area contributed by atoms with Crippen molar-refractivity contribution in [1.29, 1.82) is 0 Å². The fourth-order valence-electron chi connectivity index (χ4n) is 1.61. The van der Waals surface area contributed by atoms with Crippen LogP contribution in [0.4, 0.5) is 0 Å². The van der Waals surface area contributed by atoms with Gasteiger partial charge in [-0.1, -0.05) is 0 Å². The first-order valence-corrected chi connectivity index (χ1v) is 4.94. The Balaban J connectivity index is 2.31. The second-order valence-electron chi connectivity index (χ2n) is 3.88. The van der Waals surface area contributed by atoms with E-state index >= 15 is 0 Å². The minimum absolute atomic E-state index is 0.0718. The molecule has 1 aliphatic heterocycles. The molecule has 2 rings (SSSR count). The normalized spacial score (nSPS) is 23.2. The molecule has 0 unspecified atom stereocenters. The van der Waals surface area contributed by atoms with Crippen molar-refractivity contribution in [3.05, 3.63) is 23.3 Å². The van der Waals surface area contributed by atoms with E-state index in [0.29, 0.717) is 18.6 Å². The Morgan fingerprint density at radius 1 is 1.50 bits per heavy atom. The van der Waals surface area contributed by atoms with Crippen molar-refractivity contribution in [3.8, 4) is 11.5 Å². The van der Waals surface area contributed by atoms with E-state index in [9.17, 15) is 10.2 Å². The average molecular weight is 226 g/mol. The molecule has 1 heterocycles. The zero-order chi connectivity index (χ0) is 11.8. The topological polar surface area (TPSA) is 82.5 Å². The number of aliphatic hydroxyl groups is 2. The minimum Gasteiger partial charge on any atom is -0.504 e. The first-order valence-electron chi connectivity index (χ1n) is 4.94. The molecular weight excluding hydrogens is 212 g/mol. The molecule has 88 valence electrons. The SMILES string of the molecule is COc1cc(C[C@@]2(O)CO2)cc(CO)c1O. The molecule has 0 radical (unpaired) electrons. The molecule has 5 heteroatoms. The van der Waals surface area contributed by atoms with Gasteiger partial charge >= 0.3 is 0 Å². The van der Waals surface area contributed by atoms with Crippen LogP contribution in [0.3, 0.4) is 0 Å². The number of ether oxygens (including phenoxy) is 2. The van der Waals surface area contributed by atoms with Crippen LogP contribution in [-0.4, -0.2) is 34.8 Å². The van der Waals surface area contributed by atoms with Crippen molar-refractivity contribution < 1.29 is 24.8 Å². The van der Waals surface area contributed by atoms with Crippen LogP contribution >= 0.6 is 0 Å². The molecule has 16 heavy (non-hydrogen) atoms. The molecule has 0 saturated carbocycles. The maximum Gasteiger partial charge on any atom is 0.193 e. The van der Waals surface area contributed by atoms with E-state index in [2.05, 4.69) is 0 Å². The van der Waals surface area contributed by atoms with Crippen molar-refractivity contribution >= 4 is 0 Å². The average Bonchev–Trinajstić information content (AvgIpc) is 2.98. The lowest BCUT2D eigenvalue weighted by atomic mass is 10.0. The Hall–Kier alpha value is -1.30. The lowest BCUT2D eigenvalue weighted by Crippen LogP contribution is -2.13. The molecular formula is C11H14O5. The van der Waals surface area contributed by atoms with Crippen LogP contribution < -0.4 is 4.74 Å². The molecule has 1 saturated heterocycles. The highest BCUT2D eigenvalue weighted by molar-refractivity contribution is 5.48. The molecule has 0 bridgehead atoms. The van der Waals surface area contributed by atoms with Crippen LogP contribution in [-0.2, 0) is 17.8 Å². The second-order valence-corrected chi connectivity index (χ2v) is 3.88. The van der Waals surface area contributed by atoms with E-state index in [4.69, 9.17) is 14.6 Å². The van der Waals surface area contributed by atoms with E-state index < -0.39 is 5.79 Å². The smallest absolute Gasteiger partial charge is 0.193 e. The molecule has 0 aromatic heterocycles. The summed E-state index contributed by atoms with van der Waals surface area (Å²) < 4.78 is 9.85. The fourth-order valence-corrected chi connectivity index (χ4v) is 1.61. The highest BCUT2D eigenvalue weighted by Crippen LogP contribution is 2.35. The quantitative estimate of drug-likeness (QED) is 0.637.